The predicted octanol–water partition coefficient (Wildman–Crippen LogP) is 4.66. The second kappa shape index (κ2) is 6.04. The van der Waals surface area contributed by atoms with Crippen molar-refractivity contribution in [1.82, 2.24) is 0 Å². The molecule has 0 heterocycles. The number of carbonyl (C=O) groups excluding carboxylic acids is 1. The Morgan fingerprint density at radius 1 is 0.900 bits per heavy atom. The Balaban J connectivity index is 2.45. The van der Waals surface area contributed by atoms with E-state index in [-0.39, 0.29) is 5.78 Å². The number of rotatable bonds is 4. The molecule has 0 radical (unpaired) electrons. The highest BCUT2D eigenvalue weighted by atomic mass is 16.1. The molecule has 0 fully saturated rings. The van der Waals surface area contributed by atoms with Crippen LogP contribution in [0.4, 0.5) is 0 Å². The van der Waals surface area contributed by atoms with Crippen molar-refractivity contribution in [1.29, 1.82) is 0 Å². The van der Waals surface area contributed by atoms with Gasteiger partial charge in [-0.3, -0.25) is 4.79 Å². The number of aryl methyl sites for hydroxylation is 4. The van der Waals surface area contributed by atoms with Crippen LogP contribution in [-0.2, 0) is 12.8 Å². The van der Waals surface area contributed by atoms with E-state index in [2.05, 4.69) is 26.0 Å². The Hall–Kier alpha value is -1.89. The summed E-state index contributed by atoms with van der Waals surface area (Å²) in [7, 11) is 0. The third kappa shape index (κ3) is 2.82. The van der Waals surface area contributed by atoms with Crippen LogP contribution in [0.1, 0.15) is 52.0 Å². The van der Waals surface area contributed by atoms with E-state index in [1.54, 1.807) is 0 Å². The lowest BCUT2D eigenvalue weighted by Crippen LogP contribution is -2.06. The first kappa shape index (κ1) is 14.5. The quantitative estimate of drug-likeness (QED) is 0.736. The molecular weight excluding hydrogens is 244 g/mol. The van der Waals surface area contributed by atoms with Crippen molar-refractivity contribution in [2.24, 2.45) is 0 Å². The van der Waals surface area contributed by atoms with E-state index < -0.39 is 0 Å². The molecule has 0 amide bonds. The maximum atomic E-state index is 12.7. The predicted molar refractivity (Wildman–Crippen MR) is 84.5 cm³/mol. The van der Waals surface area contributed by atoms with Crippen LogP contribution in [0.2, 0.25) is 0 Å². The SMILES string of the molecule is CCc1ccc(C(=O)c2cc(C)ccc2C)cc1CC. The van der Waals surface area contributed by atoms with Crippen LogP contribution < -0.4 is 0 Å². The molecule has 20 heavy (non-hydrogen) atoms. The van der Waals surface area contributed by atoms with Gasteiger partial charge >= 0.3 is 0 Å². The summed E-state index contributed by atoms with van der Waals surface area (Å²) in [6, 6.07) is 12.2. The lowest BCUT2D eigenvalue weighted by Gasteiger charge is -2.10. The van der Waals surface area contributed by atoms with E-state index in [0.29, 0.717) is 0 Å². The Morgan fingerprint density at radius 3 is 2.25 bits per heavy atom. The van der Waals surface area contributed by atoms with Crippen molar-refractivity contribution in [2.75, 3.05) is 0 Å². The van der Waals surface area contributed by atoms with Crippen molar-refractivity contribution in [3.8, 4) is 0 Å². The van der Waals surface area contributed by atoms with Crippen LogP contribution in [0.15, 0.2) is 36.4 Å². The van der Waals surface area contributed by atoms with Gasteiger partial charge in [-0.25, -0.2) is 0 Å². The minimum Gasteiger partial charge on any atom is -0.289 e. The molecule has 2 aromatic carbocycles. The van der Waals surface area contributed by atoms with Gasteiger partial charge in [-0.2, -0.15) is 0 Å². The van der Waals surface area contributed by atoms with Gasteiger partial charge in [0.15, 0.2) is 5.78 Å². The zero-order valence-electron chi connectivity index (χ0n) is 12.8. The van der Waals surface area contributed by atoms with E-state index in [0.717, 1.165) is 35.1 Å². The van der Waals surface area contributed by atoms with Crippen LogP contribution >= 0.6 is 0 Å². The van der Waals surface area contributed by atoms with Gasteiger partial charge in [-0.05, 0) is 55.5 Å². The van der Waals surface area contributed by atoms with Gasteiger partial charge in [0.1, 0.15) is 0 Å². The van der Waals surface area contributed by atoms with Gasteiger partial charge in [0.25, 0.3) is 0 Å². The molecule has 1 nitrogen and oxygen atoms in total. The fraction of sp³-hybridized carbons (Fsp3) is 0.316. The van der Waals surface area contributed by atoms with Crippen LogP contribution in [0.25, 0.3) is 0 Å². The minimum atomic E-state index is 0.128. The lowest BCUT2D eigenvalue weighted by molar-refractivity contribution is 0.103. The van der Waals surface area contributed by atoms with E-state index in [1.807, 2.05) is 38.1 Å². The van der Waals surface area contributed by atoms with Crippen LogP contribution in [-0.4, -0.2) is 5.78 Å². The summed E-state index contributed by atoms with van der Waals surface area (Å²) >= 11 is 0. The first-order chi connectivity index (χ1) is 9.56. The summed E-state index contributed by atoms with van der Waals surface area (Å²) < 4.78 is 0. The Bertz CT molecular complexity index is 638. The Morgan fingerprint density at radius 2 is 1.60 bits per heavy atom. The van der Waals surface area contributed by atoms with Crippen molar-refractivity contribution >= 4 is 5.78 Å². The highest BCUT2D eigenvalue weighted by Crippen LogP contribution is 2.19. The Labute approximate surface area is 121 Å². The molecule has 0 saturated carbocycles. The normalized spacial score (nSPS) is 10.6. The van der Waals surface area contributed by atoms with E-state index in [9.17, 15) is 4.79 Å². The van der Waals surface area contributed by atoms with Crippen molar-refractivity contribution in [3.63, 3.8) is 0 Å². The van der Waals surface area contributed by atoms with Gasteiger partial charge < -0.3 is 0 Å². The molecule has 0 unspecified atom stereocenters. The molecule has 2 aromatic rings. The smallest absolute Gasteiger partial charge is 0.193 e. The number of ketones is 1. The number of carbonyl (C=O) groups is 1. The molecular formula is C19H22O. The highest BCUT2D eigenvalue weighted by Gasteiger charge is 2.13. The van der Waals surface area contributed by atoms with Crippen molar-refractivity contribution < 1.29 is 4.79 Å². The molecule has 0 saturated heterocycles. The summed E-state index contributed by atoms with van der Waals surface area (Å²) in [6.07, 6.45) is 1.98. The van der Waals surface area contributed by atoms with E-state index in [1.165, 1.54) is 11.1 Å². The molecule has 0 aliphatic carbocycles. The summed E-state index contributed by atoms with van der Waals surface area (Å²) in [5, 5.41) is 0. The van der Waals surface area contributed by atoms with E-state index in [4.69, 9.17) is 0 Å². The summed E-state index contributed by atoms with van der Waals surface area (Å²) in [4.78, 5) is 12.7. The maximum absolute atomic E-state index is 12.7. The lowest BCUT2D eigenvalue weighted by atomic mass is 9.93. The average molecular weight is 266 g/mol. The molecule has 0 N–H and O–H groups in total. The second-order valence-electron chi connectivity index (χ2n) is 5.34. The molecule has 0 aliphatic rings. The highest BCUT2D eigenvalue weighted by molar-refractivity contribution is 6.10. The van der Waals surface area contributed by atoms with E-state index >= 15 is 0 Å². The number of hydrogen-bond acceptors (Lipinski definition) is 1. The van der Waals surface area contributed by atoms with Crippen molar-refractivity contribution in [3.05, 3.63) is 69.8 Å². The molecule has 0 spiro atoms. The molecule has 0 aliphatic heterocycles. The van der Waals surface area contributed by atoms with Gasteiger partial charge in [0.2, 0.25) is 0 Å². The zero-order chi connectivity index (χ0) is 14.7. The van der Waals surface area contributed by atoms with Crippen molar-refractivity contribution in [2.45, 2.75) is 40.5 Å². The Kier molecular flexibility index (Phi) is 4.39. The largest absolute Gasteiger partial charge is 0.289 e. The molecule has 2 rings (SSSR count). The zero-order valence-corrected chi connectivity index (χ0v) is 12.8. The summed E-state index contributed by atoms with van der Waals surface area (Å²) in [6.45, 7) is 8.31. The fourth-order valence-electron chi connectivity index (χ4n) is 2.58. The molecule has 1 heteroatoms. The standard InChI is InChI=1S/C19H22O/c1-5-15-9-10-17(12-16(15)6-2)19(20)18-11-13(3)7-8-14(18)4/h7-12H,5-6H2,1-4H3. The van der Waals surface area contributed by atoms with Gasteiger partial charge in [-0.15, -0.1) is 0 Å². The minimum absolute atomic E-state index is 0.128. The first-order valence-corrected chi connectivity index (χ1v) is 7.30. The third-order valence-electron chi connectivity index (χ3n) is 3.87. The summed E-state index contributed by atoms with van der Waals surface area (Å²) in [5.41, 5.74) is 6.40. The van der Waals surface area contributed by atoms with Gasteiger partial charge in [0.05, 0.1) is 0 Å². The van der Waals surface area contributed by atoms with Crippen LogP contribution in [0.3, 0.4) is 0 Å². The molecule has 104 valence electrons. The summed E-state index contributed by atoms with van der Waals surface area (Å²) in [5.74, 6) is 0.128. The fourth-order valence-corrected chi connectivity index (χ4v) is 2.58. The monoisotopic (exact) mass is 266 g/mol. The van der Waals surface area contributed by atoms with Gasteiger partial charge in [0, 0.05) is 11.1 Å². The van der Waals surface area contributed by atoms with Gasteiger partial charge in [-0.1, -0.05) is 43.7 Å². The molecule has 0 bridgehead atoms. The number of hydrogen-bond donors (Lipinski definition) is 0. The molecule has 0 aromatic heterocycles. The van der Waals surface area contributed by atoms with Crippen LogP contribution in [0, 0.1) is 13.8 Å². The topological polar surface area (TPSA) is 17.1 Å². The first-order valence-electron chi connectivity index (χ1n) is 7.30. The second-order valence-corrected chi connectivity index (χ2v) is 5.34. The molecule has 0 atom stereocenters. The third-order valence-corrected chi connectivity index (χ3v) is 3.87. The maximum Gasteiger partial charge on any atom is 0.193 e. The van der Waals surface area contributed by atoms with Crippen LogP contribution in [0.5, 0.6) is 0 Å². The average Bonchev–Trinajstić information content (AvgIpc) is 2.48. The number of benzene rings is 2.